The first-order chi connectivity index (χ1) is 10.8. The lowest BCUT2D eigenvalue weighted by Crippen LogP contribution is -2.53. The molecular formula is C17H28N2O3. The van der Waals surface area contributed by atoms with E-state index < -0.39 is 0 Å². The van der Waals surface area contributed by atoms with Gasteiger partial charge in [-0.25, -0.2) is 0 Å². The third-order valence-electron chi connectivity index (χ3n) is 5.44. The highest BCUT2D eigenvalue weighted by Crippen LogP contribution is 2.34. The van der Waals surface area contributed by atoms with Crippen LogP contribution in [0.4, 0.5) is 0 Å². The monoisotopic (exact) mass is 308 g/mol. The van der Waals surface area contributed by atoms with Gasteiger partial charge in [-0.15, -0.1) is 0 Å². The molecule has 5 nitrogen and oxygen atoms in total. The number of hydrogen-bond acceptors (Lipinski definition) is 3. The highest BCUT2D eigenvalue weighted by atomic mass is 16.5. The second kappa shape index (κ2) is 7.44. The van der Waals surface area contributed by atoms with Crippen molar-refractivity contribution >= 4 is 11.8 Å². The number of hydrogen-bond donors (Lipinski definition) is 1. The molecule has 2 aliphatic carbocycles. The molecule has 1 heterocycles. The first-order valence-electron chi connectivity index (χ1n) is 8.93. The normalized spacial score (nSPS) is 31.5. The van der Waals surface area contributed by atoms with Crippen LogP contribution in [0, 0.1) is 11.8 Å². The van der Waals surface area contributed by atoms with Crippen molar-refractivity contribution in [3.63, 3.8) is 0 Å². The summed E-state index contributed by atoms with van der Waals surface area (Å²) in [5.74, 6) is 0.573. The largest absolute Gasteiger partial charge is 0.380 e. The SMILES string of the molecule is O=C1NCCOCCCN(C(=O)C2CCC2)[C@H]2CCCC[C@@H]12. The van der Waals surface area contributed by atoms with Gasteiger partial charge in [0.25, 0.3) is 0 Å². The molecule has 124 valence electrons. The Hall–Kier alpha value is -1.10. The number of carbonyl (C=O) groups excluding carboxylic acids is 2. The Kier molecular flexibility index (Phi) is 5.34. The minimum Gasteiger partial charge on any atom is -0.380 e. The van der Waals surface area contributed by atoms with Crippen LogP contribution in [0.5, 0.6) is 0 Å². The summed E-state index contributed by atoms with van der Waals surface area (Å²) in [5, 5.41) is 2.99. The zero-order valence-electron chi connectivity index (χ0n) is 13.4. The summed E-state index contributed by atoms with van der Waals surface area (Å²) in [6.45, 7) is 2.56. The van der Waals surface area contributed by atoms with Gasteiger partial charge in [0, 0.05) is 31.7 Å². The zero-order chi connectivity index (χ0) is 15.4. The van der Waals surface area contributed by atoms with Gasteiger partial charge in [0.15, 0.2) is 0 Å². The van der Waals surface area contributed by atoms with Crippen LogP contribution < -0.4 is 5.32 Å². The fourth-order valence-corrected chi connectivity index (χ4v) is 3.94. The number of rotatable bonds is 1. The van der Waals surface area contributed by atoms with E-state index in [1.165, 1.54) is 6.42 Å². The van der Waals surface area contributed by atoms with Crippen molar-refractivity contribution in [2.75, 3.05) is 26.3 Å². The third kappa shape index (κ3) is 3.45. The first kappa shape index (κ1) is 15.8. The van der Waals surface area contributed by atoms with Crippen molar-refractivity contribution in [3.05, 3.63) is 0 Å². The predicted octanol–water partition coefficient (Wildman–Crippen LogP) is 1.71. The molecule has 1 aliphatic heterocycles. The van der Waals surface area contributed by atoms with E-state index in [1.807, 2.05) is 4.90 Å². The molecule has 0 aromatic carbocycles. The number of nitrogens with zero attached hydrogens (tertiary/aromatic N) is 1. The van der Waals surface area contributed by atoms with Crippen LogP contribution in [0.25, 0.3) is 0 Å². The topological polar surface area (TPSA) is 58.6 Å². The third-order valence-corrected chi connectivity index (χ3v) is 5.44. The van der Waals surface area contributed by atoms with Crippen LogP contribution in [0.15, 0.2) is 0 Å². The van der Waals surface area contributed by atoms with E-state index in [0.29, 0.717) is 19.8 Å². The molecule has 0 unspecified atom stereocenters. The zero-order valence-corrected chi connectivity index (χ0v) is 13.4. The molecule has 5 heteroatoms. The maximum Gasteiger partial charge on any atom is 0.225 e. The summed E-state index contributed by atoms with van der Waals surface area (Å²) in [4.78, 5) is 27.4. The lowest BCUT2D eigenvalue weighted by molar-refractivity contribution is -0.144. The molecule has 2 atom stereocenters. The van der Waals surface area contributed by atoms with Crippen LogP contribution in [-0.2, 0) is 14.3 Å². The average Bonchev–Trinajstić information content (AvgIpc) is 2.50. The molecule has 3 aliphatic rings. The lowest BCUT2D eigenvalue weighted by Gasteiger charge is -2.42. The summed E-state index contributed by atoms with van der Waals surface area (Å²) < 4.78 is 5.54. The van der Waals surface area contributed by atoms with Gasteiger partial charge in [0.05, 0.1) is 12.5 Å². The van der Waals surface area contributed by atoms with Gasteiger partial charge in [-0.1, -0.05) is 19.3 Å². The molecule has 3 rings (SSSR count). The maximum atomic E-state index is 12.8. The Morgan fingerprint density at radius 3 is 2.64 bits per heavy atom. The number of amides is 2. The highest BCUT2D eigenvalue weighted by molar-refractivity contribution is 5.83. The molecule has 0 bridgehead atoms. The Bertz CT molecular complexity index is 409. The van der Waals surface area contributed by atoms with Crippen LogP contribution in [0.1, 0.15) is 51.4 Å². The molecule has 1 saturated heterocycles. The Balaban J connectivity index is 1.78. The fourth-order valence-electron chi connectivity index (χ4n) is 3.94. The van der Waals surface area contributed by atoms with E-state index >= 15 is 0 Å². The van der Waals surface area contributed by atoms with Gasteiger partial charge in [-0.05, 0) is 32.1 Å². The van der Waals surface area contributed by atoms with E-state index in [4.69, 9.17) is 4.74 Å². The van der Waals surface area contributed by atoms with E-state index in [9.17, 15) is 9.59 Å². The van der Waals surface area contributed by atoms with Crippen molar-refractivity contribution in [3.8, 4) is 0 Å². The maximum absolute atomic E-state index is 12.8. The summed E-state index contributed by atoms with van der Waals surface area (Å²) in [6, 6.07) is 0.0972. The van der Waals surface area contributed by atoms with Gasteiger partial charge in [0.1, 0.15) is 0 Å². The quantitative estimate of drug-likeness (QED) is 0.802. The smallest absolute Gasteiger partial charge is 0.225 e. The van der Waals surface area contributed by atoms with Gasteiger partial charge < -0.3 is 15.0 Å². The standard InChI is InChI=1S/C17H28N2O3/c20-16-14-7-1-2-8-15(14)19(17(21)13-5-3-6-13)10-4-11-22-12-9-18-16/h13-15H,1-12H2,(H,18,20)/t14-,15+/m1/s1. The van der Waals surface area contributed by atoms with Crippen LogP contribution in [-0.4, -0.2) is 49.1 Å². The number of ether oxygens (including phenoxy) is 1. The predicted molar refractivity (Wildman–Crippen MR) is 83.2 cm³/mol. The molecule has 0 radical (unpaired) electrons. The molecule has 1 N–H and O–H groups in total. The van der Waals surface area contributed by atoms with Gasteiger partial charge in [-0.3, -0.25) is 9.59 Å². The van der Waals surface area contributed by atoms with Crippen molar-refractivity contribution < 1.29 is 14.3 Å². The lowest BCUT2D eigenvalue weighted by atomic mass is 9.80. The molecule has 22 heavy (non-hydrogen) atoms. The summed E-state index contributed by atoms with van der Waals surface area (Å²) in [6.07, 6.45) is 8.18. The second-order valence-electron chi connectivity index (χ2n) is 6.87. The van der Waals surface area contributed by atoms with E-state index in [-0.39, 0.29) is 29.7 Å². The first-order valence-corrected chi connectivity index (χ1v) is 8.93. The second-order valence-corrected chi connectivity index (χ2v) is 6.87. The van der Waals surface area contributed by atoms with E-state index in [1.54, 1.807) is 0 Å². The molecule has 0 aromatic heterocycles. The summed E-state index contributed by atoms with van der Waals surface area (Å²) >= 11 is 0. The molecule has 0 aromatic rings. The Morgan fingerprint density at radius 1 is 1.05 bits per heavy atom. The number of carbonyl (C=O) groups is 2. The minimum atomic E-state index is -0.0316. The van der Waals surface area contributed by atoms with Crippen molar-refractivity contribution in [1.29, 1.82) is 0 Å². The highest BCUT2D eigenvalue weighted by Gasteiger charge is 2.39. The fraction of sp³-hybridized carbons (Fsp3) is 0.882. The van der Waals surface area contributed by atoms with Gasteiger partial charge in [-0.2, -0.15) is 0 Å². The molecule has 0 spiro atoms. The van der Waals surface area contributed by atoms with E-state index in [0.717, 1.165) is 51.5 Å². The molecule has 2 amide bonds. The number of fused-ring (bicyclic) bond motifs is 1. The Morgan fingerprint density at radius 2 is 1.86 bits per heavy atom. The van der Waals surface area contributed by atoms with Crippen molar-refractivity contribution in [2.45, 2.75) is 57.4 Å². The van der Waals surface area contributed by atoms with Crippen LogP contribution in [0.2, 0.25) is 0 Å². The van der Waals surface area contributed by atoms with Crippen LogP contribution in [0.3, 0.4) is 0 Å². The summed E-state index contributed by atoms with van der Waals surface area (Å²) in [7, 11) is 0. The molecular weight excluding hydrogens is 280 g/mol. The van der Waals surface area contributed by atoms with Crippen molar-refractivity contribution in [1.82, 2.24) is 10.2 Å². The summed E-state index contributed by atoms with van der Waals surface area (Å²) in [5.41, 5.74) is 0. The van der Waals surface area contributed by atoms with Crippen LogP contribution >= 0.6 is 0 Å². The minimum absolute atomic E-state index is 0.0316. The van der Waals surface area contributed by atoms with Crippen molar-refractivity contribution in [2.24, 2.45) is 11.8 Å². The molecule has 2 saturated carbocycles. The van der Waals surface area contributed by atoms with Gasteiger partial charge in [0.2, 0.25) is 11.8 Å². The number of nitrogens with one attached hydrogen (secondary N) is 1. The average molecular weight is 308 g/mol. The molecule has 3 fully saturated rings. The van der Waals surface area contributed by atoms with Gasteiger partial charge >= 0.3 is 0 Å². The Labute approximate surface area is 132 Å². The van der Waals surface area contributed by atoms with E-state index in [2.05, 4.69) is 5.32 Å².